The number of hydrogen-bond donors (Lipinski definition) is 0. The van der Waals surface area contributed by atoms with E-state index >= 15 is 0 Å². The van der Waals surface area contributed by atoms with Gasteiger partial charge in [0, 0.05) is 10.4 Å². The van der Waals surface area contributed by atoms with Crippen LogP contribution in [0.4, 0.5) is 0 Å². The molecule has 4 atom stereocenters. The molecular weight excluding hydrogens is 308 g/mol. The third kappa shape index (κ3) is 2.43. The van der Waals surface area contributed by atoms with Crippen molar-refractivity contribution in [2.45, 2.75) is 37.4 Å². The minimum Gasteiger partial charge on any atom is -0.469 e. The van der Waals surface area contributed by atoms with Gasteiger partial charge in [-0.05, 0) is 37.0 Å². The van der Waals surface area contributed by atoms with Gasteiger partial charge in [-0.25, -0.2) is 0 Å². The molecule has 1 aromatic rings. The van der Waals surface area contributed by atoms with Gasteiger partial charge in [0.2, 0.25) is 0 Å². The van der Waals surface area contributed by atoms with Gasteiger partial charge in [-0.3, -0.25) is 4.79 Å². The van der Waals surface area contributed by atoms with Crippen LogP contribution in [0.2, 0.25) is 0 Å². The zero-order valence-corrected chi connectivity index (χ0v) is 12.4. The van der Waals surface area contributed by atoms with Gasteiger partial charge >= 0.3 is 5.97 Å². The molecule has 3 nitrogen and oxygen atoms in total. The van der Waals surface area contributed by atoms with E-state index in [1.54, 1.807) is 0 Å². The summed E-state index contributed by atoms with van der Waals surface area (Å²) >= 11 is 3.45. The van der Waals surface area contributed by atoms with Gasteiger partial charge < -0.3 is 9.47 Å². The Kier molecular flexibility index (Phi) is 3.63. The van der Waals surface area contributed by atoms with Crippen molar-refractivity contribution in [2.75, 3.05) is 7.11 Å². The van der Waals surface area contributed by atoms with Gasteiger partial charge in [0.15, 0.2) is 0 Å². The van der Waals surface area contributed by atoms with Crippen molar-refractivity contribution in [1.29, 1.82) is 0 Å². The first kappa shape index (κ1) is 13.1. The molecule has 0 spiro atoms. The van der Waals surface area contributed by atoms with Crippen LogP contribution in [0.25, 0.3) is 0 Å². The second-order valence-electron chi connectivity index (χ2n) is 5.32. The molecule has 0 aliphatic carbocycles. The zero-order chi connectivity index (χ0) is 13.4. The van der Waals surface area contributed by atoms with Crippen LogP contribution in [-0.2, 0) is 14.3 Å². The predicted octanol–water partition coefficient (Wildman–Crippen LogP) is 3.27. The Bertz CT molecular complexity index is 471. The Morgan fingerprint density at radius 3 is 2.74 bits per heavy atom. The number of esters is 1. The first-order valence-electron chi connectivity index (χ1n) is 6.68. The quantitative estimate of drug-likeness (QED) is 0.783. The monoisotopic (exact) mass is 324 g/mol. The van der Waals surface area contributed by atoms with Gasteiger partial charge in [-0.15, -0.1) is 0 Å². The van der Waals surface area contributed by atoms with Crippen LogP contribution in [0.1, 0.15) is 30.7 Å². The van der Waals surface area contributed by atoms with E-state index in [0.717, 1.165) is 23.7 Å². The lowest BCUT2D eigenvalue weighted by molar-refractivity contribution is -0.156. The van der Waals surface area contributed by atoms with Crippen molar-refractivity contribution in [3.63, 3.8) is 0 Å². The highest BCUT2D eigenvalue weighted by molar-refractivity contribution is 9.10. The molecule has 0 radical (unpaired) electrons. The molecule has 2 unspecified atom stereocenters. The number of benzene rings is 1. The van der Waals surface area contributed by atoms with Gasteiger partial charge in [0.1, 0.15) is 0 Å². The van der Waals surface area contributed by atoms with Crippen molar-refractivity contribution < 1.29 is 14.3 Å². The molecule has 2 aliphatic heterocycles. The average molecular weight is 325 g/mol. The molecule has 102 valence electrons. The summed E-state index contributed by atoms with van der Waals surface area (Å²) in [7, 11) is 1.46. The molecule has 0 N–H and O–H groups in total. The van der Waals surface area contributed by atoms with E-state index in [1.165, 1.54) is 12.7 Å². The largest absolute Gasteiger partial charge is 0.469 e. The third-order valence-electron chi connectivity index (χ3n) is 4.26. The molecule has 19 heavy (non-hydrogen) atoms. The second kappa shape index (κ2) is 5.25. The second-order valence-corrected chi connectivity index (χ2v) is 6.23. The van der Waals surface area contributed by atoms with Crippen LogP contribution in [-0.4, -0.2) is 25.3 Å². The summed E-state index contributed by atoms with van der Waals surface area (Å²) in [6.45, 7) is 0. The standard InChI is InChI=1S/C15H17BrO3/c1-18-15(17)14-12(8-11-6-7-13(14)19-11)9-2-4-10(16)5-3-9/h2-5,11-14H,6-8H2,1H3/t11?,12-,13?,14-/m0/s1. The lowest BCUT2D eigenvalue weighted by Gasteiger charge is -2.35. The number of carbonyl (C=O) groups is 1. The highest BCUT2D eigenvalue weighted by Gasteiger charge is 2.47. The fraction of sp³-hybridized carbons (Fsp3) is 0.533. The Balaban J connectivity index is 1.92. The van der Waals surface area contributed by atoms with Crippen LogP contribution in [0.3, 0.4) is 0 Å². The topological polar surface area (TPSA) is 35.5 Å². The Labute approximate surface area is 121 Å². The SMILES string of the molecule is COC(=O)[C@@H]1C2CCC(C[C@H]1c1ccc(Br)cc1)O2. The number of halogens is 1. The Morgan fingerprint density at radius 1 is 1.32 bits per heavy atom. The normalized spacial score (nSPS) is 33.2. The molecule has 0 amide bonds. The summed E-state index contributed by atoms with van der Waals surface area (Å²) in [5.41, 5.74) is 1.21. The van der Waals surface area contributed by atoms with Crippen LogP contribution >= 0.6 is 15.9 Å². The molecule has 2 heterocycles. The van der Waals surface area contributed by atoms with Gasteiger partial charge in [0.05, 0.1) is 25.2 Å². The summed E-state index contributed by atoms with van der Waals surface area (Å²) in [5, 5.41) is 0. The molecule has 4 heteroatoms. The van der Waals surface area contributed by atoms with Gasteiger partial charge in [0.25, 0.3) is 0 Å². The number of hydrogen-bond acceptors (Lipinski definition) is 3. The lowest BCUT2D eigenvalue weighted by Crippen LogP contribution is -2.39. The molecule has 0 aromatic heterocycles. The van der Waals surface area contributed by atoms with E-state index in [1.807, 2.05) is 12.1 Å². The highest BCUT2D eigenvalue weighted by Crippen LogP contribution is 2.45. The van der Waals surface area contributed by atoms with Crippen molar-refractivity contribution in [3.05, 3.63) is 34.3 Å². The van der Waals surface area contributed by atoms with Crippen LogP contribution in [0.5, 0.6) is 0 Å². The number of fused-ring (bicyclic) bond motifs is 2. The molecule has 2 aliphatic rings. The fourth-order valence-electron chi connectivity index (χ4n) is 3.37. The maximum absolute atomic E-state index is 12.1. The predicted molar refractivity (Wildman–Crippen MR) is 74.9 cm³/mol. The molecule has 2 saturated heterocycles. The summed E-state index contributed by atoms with van der Waals surface area (Å²) in [6, 6.07) is 8.24. The first-order chi connectivity index (χ1) is 9.19. The third-order valence-corrected chi connectivity index (χ3v) is 4.79. The molecule has 3 rings (SSSR count). The summed E-state index contributed by atoms with van der Waals surface area (Å²) in [4.78, 5) is 12.1. The minimum atomic E-state index is -0.162. The molecule has 2 bridgehead atoms. The number of methoxy groups -OCH3 is 1. The number of carbonyl (C=O) groups excluding carboxylic acids is 1. The molecule has 0 saturated carbocycles. The van der Waals surface area contributed by atoms with Crippen LogP contribution in [0, 0.1) is 5.92 Å². The number of ether oxygens (including phenoxy) is 2. The van der Waals surface area contributed by atoms with Crippen molar-refractivity contribution >= 4 is 21.9 Å². The Morgan fingerprint density at radius 2 is 2.05 bits per heavy atom. The highest BCUT2D eigenvalue weighted by atomic mass is 79.9. The summed E-state index contributed by atoms with van der Waals surface area (Å²) in [5.74, 6) is -0.0880. The van der Waals surface area contributed by atoms with Gasteiger partial charge in [-0.1, -0.05) is 28.1 Å². The number of rotatable bonds is 2. The van der Waals surface area contributed by atoms with Gasteiger partial charge in [-0.2, -0.15) is 0 Å². The molecule has 1 aromatic carbocycles. The van der Waals surface area contributed by atoms with Crippen LogP contribution < -0.4 is 0 Å². The average Bonchev–Trinajstić information content (AvgIpc) is 2.80. The van der Waals surface area contributed by atoms with E-state index in [0.29, 0.717) is 6.10 Å². The Hall–Kier alpha value is -0.870. The maximum atomic E-state index is 12.1. The first-order valence-corrected chi connectivity index (χ1v) is 7.47. The van der Waals surface area contributed by atoms with Crippen molar-refractivity contribution in [2.24, 2.45) is 5.92 Å². The fourth-order valence-corrected chi connectivity index (χ4v) is 3.63. The van der Waals surface area contributed by atoms with Crippen molar-refractivity contribution in [3.8, 4) is 0 Å². The molecular formula is C15H17BrO3. The smallest absolute Gasteiger partial charge is 0.311 e. The minimum absolute atomic E-state index is 0.0276. The summed E-state index contributed by atoms with van der Waals surface area (Å²) in [6.07, 6.45) is 3.28. The van der Waals surface area contributed by atoms with E-state index in [-0.39, 0.29) is 23.9 Å². The lowest BCUT2D eigenvalue weighted by atomic mass is 9.79. The summed E-state index contributed by atoms with van der Waals surface area (Å²) < 4.78 is 11.9. The van der Waals surface area contributed by atoms with E-state index in [9.17, 15) is 4.79 Å². The molecule has 2 fully saturated rings. The van der Waals surface area contributed by atoms with E-state index in [2.05, 4.69) is 28.1 Å². The van der Waals surface area contributed by atoms with E-state index < -0.39 is 0 Å². The zero-order valence-electron chi connectivity index (χ0n) is 10.8. The van der Waals surface area contributed by atoms with Crippen molar-refractivity contribution in [1.82, 2.24) is 0 Å². The maximum Gasteiger partial charge on any atom is 0.311 e. The van der Waals surface area contributed by atoms with Crippen LogP contribution in [0.15, 0.2) is 28.7 Å². The van der Waals surface area contributed by atoms with E-state index in [4.69, 9.17) is 9.47 Å².